The van der Waals surface area contributed by atoms with Gasteiger partial charge in [-0.25, -0.2) is 8.42 Å². The lowest BCUT2D eigenvalue weighted by atomic mass is 10.0. The number of sulfone groups is 1. The second-order valence-corrected chi connectivity index (χ2v) is 9.85. The number of ketones is 1. The highest BCUT2D eigenvalue weighted by atomic mass is 32.2. The van der Waals surface area contributed by atoms with Crippen LogP contribution in [0.5, 0.6) is 0 Å². The van der Waals surface area contributed by atoms with Gasteiger partial charge in [0.25, 0.3) is 0 Å². The van der Waals surface area contributed by atoms with Gasteiger partial charge in [-0.05, 0) is 63.1 Å². The van der Waals surface area contributed by atoms with Crippen LogP contribution in [-0.4, -0.2) is 19.2 Å². The number of fused-ring (bicyclic) bond motifs is 1. The Morgan fingerprint density at radius 2 is 1.45 bits per heavy atom. The predicted molar refractivity (Wildman–Crippen MR) is 122 cm³/mol. The Morgan fingerprint density at radius 1 is 0.774 bits per heavy atom. The van der Waals surface area contributed by atoms with Gasteiger partial charge in [-0.2, -0.15) is 0 Å². The molecule has 31 heavy (non-hydrogen) atoms. The largest absolute Gasteiger partial charge is 0.289 e. The average Bonchev–Trinajstić information content (AvgIpc) is 2.74. The van der Waals surface area contributed by atoms with E-state index in [0.29, 0.717) is 16.5 Å². The molecular weight excluding hydrogens is 406 g/mol. The Hall–Kier alpha value is -3.31. The first-order chi connectivity index (χ1) is 14.7. The van der Waals surface area contributed by atoms with Crippen molar-refractivity contribution in [1.29, 1.82) is 0 Å². The smallest absolute Gasteiger partial charge is 0.208 e. The van der Waals surface area contributed by atoms with E-state index in [1.54, 1.807) is 42.5 Å². The summed E-state index contributed by atoms with van der Waals surface area (Å²) in [5.74, 6) is -0.363. The molecule has 0 saturated heterocycles. The maximum atomic E-state index is 13.9. The van der Waals surface area contributed by atoms with Gasteiger partial charge in [-0.15, -0.1) is 0 Å². The van der Waals surface area contributed by atoms with Crippen LogP contribution in [0.25, 0.3) is 10.9 Å². The van der Waals surface area contributed by atoms with Crippen molar-refractivity contribution in [1.82, 2.24) is 4.98 Å². The summed E-state index contributed by atoms with van der Waals surface area (Å²) in [5, 5.41) is 0.455. The number of pyridine rings is 1. The fourth-order valence-electron chi connectivity index (χ4n) is 3.59. The Balaban J connectivity index is 2.04. The van der Waals surface area contributed by atoms with Crippen molar-refractivity contribution in [2.75, 3.05) is 0 Å². The number of benzene rings is 3. The van der Waals surface area contributed by atoms with E-state index < -0.39 is 9.84 Å². The third kappa shape index (κ3) is 3.77. The van der Waals surface area contributed by atoms with Crippen LogP contribution in [0.4, 0.5) is 0 Å². The molecule has 0 saturated carbocycles. The number of nitrogens with zero attached hydrogens (tertiary/aromatic N) is 1. The average molecular weight is 430 g/mol. The Morgan fingerprint density at radius 3 is 2.13 bits per heavy atom. The van der Waals surface area contributed by atoms with E-state index in [2.05, 4.69) is 4.98 Å². The number of hydrogen-bond donors (Lipinski definition) is 0. The second kappa shape index (κ2) is 7.75. The van der Waals surface area contributed by atoms with Crippen molar-refractivity contribution >= 4 is 26.5 Å². The molecule has 0 atom stereocenters. The third-order valence-electron chi connectivity index (χ3n) is 5.59. The van der Waals surface area contributed by atoms with E-state index in [1.165, 1.54) is 6.20 Å². The molecule has 0 spiro atoms. The highest BCUT2D eigenvalue weighted by molar-refractivity contribution is 7.91. The zero-order valence-corrected chi connectivity index (χ0v) is 18.7. The van der Waals surface area contributed by atoms with Crippen LogP contribution in [0.2, 0.25) is 0 Å². The van der Waals surface area contributed by atoms with Crippen LogP contribution in [0.3, 0.4) is 0 Å². The normalized spacial score (nSPS) is 11.6. The van der Waals surface area contributed by atoms with E-state index in [1.807, 2.05) is 45.9 Å². The van der Waals surface area contributed by atoms with Gasteiger partial charge < -0.3 is 0 Å². The minimum atomic E-state index is -3.97. The minimum absolute atomic E-state index is 0.00929. The van der Waals surface area contributed by atoms with Crippen LogP contribution in [0.15, 0.2) is 76.7 Å². The van der Waals surface area contributed by atoms with E-state index in [0.717, 1.165) is 22.3 Å². The van der Waals surface area contributed by atoms with Crippen LogP contribution >= 0.6 is 0 Å². The molecule has 0 aliphatic heterocycles. The minimum Gasteiger partial charge on any atom is -0.289 e. The molecular formula is C26H23NO3S. The summed E-state index contributed by atoms with van der Waals surface area (Å²) in [6, 6.07) is 17.6. The summed E-state index contributed by atoms with van der Waals surface area (Å²) < 4.78 is 27.7. The number of carbonyl (C=O) groups excluding carboxylic acids is 1. The van der Waals surface area contributed by atoms with Crippen molar-refractivity contribution in [2.24, 2.45) is 0 Å². The Labute approximate surface area is 182 Å². The van der Waals surface area contributed by atoms with Crippen LogP contribution < -0.4 is 0 Å². The van der Waals surface area contributed by atoms with E-state index in [-0.39, 0.29) is 21.1 Å². The number of aryl methyl sites for hydroxylation is 4. The molecule has 5 heteroatoms. The van der Waals surface area contributed by atoms with Crippen molar-refractivity contribution in [3.8, 4) is 0 Å². The fourth-order valence-corrected chi connectivity index (χ4v) is 5.30. The molecule has 3 aromatic carbocycles. The predicted octanol–water partition coefficient (Wildman–Crippen LogP) is 5.53. The van der Waals surface area contributed by atoms with E-state index in [4.69, 9.17) is 0 Å². The van der Waals surface area contributed by atoms with Crippen molar-refractivity contribution in [3.63, 3.8) is 0 Å². The quantitative estimate of drug-likeness (QED) is 0.400. The fraction of sp³-hybridized carbons (Fsp3) is 0.154. The summed E-state index contributed by atoms with van der Waals surface area (Å²) in [6.07, 6.45) is 1.38. The zero-order chi connectivity index (χ0) is 22.3. The molecule has 0 fully saturated rings. The van der Waals surface area contributed by atoms with Crippen LogP contribution in [0.1, 0.15) is 38.2 Å². The molecule has 0 N–H and O–H groups in total. The first-order valence-corrected chi connectivity index (χ1v) is 11.5. The molecule has 4 aromatic rings. The Kier molecular flexibility index (Phi) is 5.23. The number of aromatic nitrogens is 1. The first kappa shape index (κ1) is 20.9. The van der Waals surface area contributed by atoms with Crippen LogP contribution in [0, 0.1) is 27.7 Å². The lowest BCUT2D eigenvalue weighted by Gasteiger charge is -2.14. The summed E-state index contributed by atoms with van der Waals surface area (Å²) in [6.45, 7) is 7.63. The maximum Gasteiger partial charge on any atom is 0.208 e. The van der Waals surface area contributed by atoms with Crippen LogP contribution in [-0.2, 0) is 9.84 Å². The SMILES string of the molecule is Cc1ccc(C(=O)c2cnc3ccc(C)cc3c2S(=O)(=O)c2ccc(C)c(C)c2)cc1. The van der Waals surface area contributed by atoms with Gasteiger partial charge in [-0.1, -0.05) is 47.5 Å². The molecule has 4 rings (SSSR count). The van der Waals surface area contributed by atoms with E-state index >= 15 is 0 Å². The van der Waals surface area contributed by atoms with Gasteiger partial charge >= 0.3 is 0 Å². The molecule has 4 nitrogen and oxygen atoms in total. The summed E-state index contributed by atoms with van der Waals surface area (Å²) in [5.41, 5.74) is 4.84. The molecule has 0 bridgehead atoms. The first-order valence-electron chi connectivity index (χ1n) is 10.0. The third-order valence-corrected chi connectivity index (χ3v) is 7.44. The van der Waals surface area contributed by atoms with Gasteiger partial charge in [0.05, 0.1) is 20.9 Å². The molecule has 0 radical (unpaired) electrons. The lowest BCUT2D eigenvalue weighted by Crippen LogP contribution is -2.13. The van der Waals surface area contributed by atoms with Gasteiger partial charge in [0, 0.05) is 17.1 Å². The number of hydrogen-bond acceptors (Lipinski definition) is 4. The molecule has 156 valence electrons. The van der Waals surface area contributed by atoms with Gasteiger partial charge in [-0.3, -0.25) is 9.78 Å². The molecule has 1 aromatic heterocycles. The van der Waals surface area contributed by atoms with E-state index in [9.17, 15) is 13.2 Å². The standard InChI is InChI=1S/C26H23NO3S/c1-16-5-9-20(10-6-16)25(28)23-15-27-24-12-7-17(2)13-22(24)26(23)31(29,30)21-11-8-18(3)19(4)14-21/h5-15H,1-4H3. The molecule has 1 heterocycles. The molecule has 0 amide bonds. The lowest BCUT2D eigenvalue weighted by molar-refractivity contribution is 0.103. The summed E-state index contributed by atoms with van der Waals surface area (Å²) in [7, 11) is -3.97. The monoisotopic (exact) mass is 429 g/mol. The molecule has 0 unspecified atom stereocenters. The van der Waals surface area contributed by atoms with Crippen molar-refractivity contribution < 1.29 is 13.2 Å². The Bertz CT molecular complexity index is 1440. The number of rotatable bonds is 4. The van der Waals surface area contributed by atoms with Gasteiger partial charge in [0.2, 0.25) is 9.84 Å². The van der Waals surface area contributed by atoms with Gasteiger partial charge in [0.15, 0.2) is 5.78 Å². The highest BCUT2D eigenvalue weighted by Crippen LogP contribution is 2.33. The van der Waals surface area contributed by atoms with Crippen molar-refractivity contribution in [2.45, 2.75) is 37.5 Å². The van der Waals surface area contributed by atoms with Crippen molar-refractivity contribution in [3.05, 3.63) is 100 Å². The topological polar surface area (TPSA) is 64.1 Å². The molecule has 0 aliphatic rings. The summed E-state index contributed by atoms with van der Waals surface area (Å²) >= 11 is 0. The summed E-state index contributed by atoms with van der Waals surface area (Å²) in [4.78, 5) is 18.0. The van der Waals surface area contributed by atoms with Gasteiger partial charge in [0.1, 0.15) is 0 Å². The maximum absolute atomic E-state index is 13.9. The molecule has 0 aliphatic carbocycles. The highest BCUT2D eigenvalue weighted by Gasteiger charge is 2.28. The second-order valence-electron chi connectivity index (χ2n) is 7.97. The number of carbonyl (C=O) groups is 1. The zero-order valence-electron chi connectivity index (χ0n) is 17.9.